The number of hydrogen-bond acceptors (Lipinski definition) is 3. The van der Waals surface area contributed by atoms with Crippen LogP contribution in [0.1, 0.15) is 38.3 Å². The van der Waals surface area contributed by atoms with Crippen LogP contribution in [0.15, 0.2) is 23.1 Å². The minimum absolute atomic E-state index is 0.0800. The molecule has 0 aliphatic carbocycles. The van der Waals surface area contributed by atoms with Gasteiger partial charge in [0.05, 0.1) is 4.90 Å². The van der Waals surface area contributed by atoms with Crippen molar-refractivity contribution in [3.05, 3.63) is 29.3 Å². The van der Waals surface area contributed by atoms with Crippen LogP contribution in [0.5, 0.6) is 0 Å². The molecule has 19 heavy (non-hydrogen) atoms. The van der Waals surface area contributed by atoms with Crippen molar-refractivity contribution in [3.8, 4) is 0 Å². The lowest BCUT2D eigenvalue weighted by molar-refractivity contribution is 0.434. The number of rotatable bonds is 6. The molecule has 0 aromatic heterocycles. The Hall–Kier alpha value is -0.910. The monoisotopic (exact) mass is 284 g/mol. The highest BCUT2D eigenvalue weighted by atomic mass is 32.2. The van der Waals surface area contributed by atoms with Crippen LogP contribution in [0.25, 0.3) is 0 Å². The van der Waals surface area contributed by atoms with Gasteiger partial charge in [-0.2, -0.15) is 0 Å². The molecule has 108 valence electrons. The molecular weight excluding hydrogens is 260 g/mol. The van der Waals surface area contributed by atoms with Crippen LogP contribution in [0.4, 0.5) is 0 Å². The zero-order valence-corrected chi connectivity index (χ0v) is 12.9. The molecule has 1 rings (SSSR count). The second-order valence-corrected chi connectivity index (χ2v) is 6.78. The molecule has 0 radical (unpaired) electrons. The fourth-order valence-corrected chi connectivity index (χ4v) is 3.50. The Morgan fingerprint density at radius 3 is 2.42 bits per heavy atom. The van der Waals surface area contributed by atoms with Crippen LogP contribution in [-0.2, 0) is 16.6 Å². The summed E-state index contributed by atoms with van der Waals surface area (Å²) < 4.78 is 27.4. The summed E-state index contributed by atoms with van der Waals surface area (Å²) in [5, 5.41) is 0. The van der Waals surface area contributed by atoms with Gasteiger partial charge in [-0.3, -0.25) is 0 Å². The van der Waals surface area contributed by atoms with Crippen LogP contribution in [-0.4, -0.2) is 14.5 Å². The van der Waals surface area contributed by atoms with Gasteiger partial charge < -0.3 is 5.73 Å². The zero-order chi connectivity index (χ0) is 14.6. The third kappa shape index (κ3) is 4.03. The molecule has 3 N–H and O–H groups in total. The molecule has 0 aliphatic heterocycles. The van der Waals surface area contributed by atoms with E-state index in [0.717, 1.165) is 17.5 Å². The molecule has 2 atom stereocenters. The molecule has 2 unspecified atom stereocenters. The van der Waals surface area contributed by atoms with E-state index in [1.165, 1.54) is 0 Å². The van der Waals surface area contributed by atoms with Gasteiger partial charge >= 0.3 is 0 Å². The number of aryl methyl sites for hydroxylation is 1. The molecule has 0 amide bonds. The molecular formula is C14H24N2O2S. The Balaban J connectivity index is 3.01. The first kappa shape index (κ1) is 16.1. The Kier molecular flexibility index (Phi) is 5.52. The number of nitrogens with one attached hydrogen (secondary N) is 1. The molecule has 0 saturated heterocycles. The first-order valence-electron chi connectivity index (χ1n) is 6.63. The van der Waals surface area contributed by atoms with Gasteiger partial charge in [-0.1, -0.05) is 32.4 Å². The summed E-state index contributed by atoms with van der Waals surface area (Å²) in [7, 11) is -3.46. The average molecular weight is 284 g/mol. The first-order valence-corrected chi connectivity index (χ1v) is 8.12. The second-order valence-electron chi connectivity index (χ2n) is 5.10. The minimum atomic E-state index is -3.46. The van der Waals surface area contributed by atoms with Crippen molar-refractivity contribution >= 4 is 10.0 Å². The molecule has 1 aromatic carbocycles. The van der Waals surface area contributed by atoms with Gasteiger partial charge in [0.15, 0.2) is 0 Å². The topological polar surface area (TPSA) is 72.2 Å². The van der Waals surface area contributed by atoms with Crippen LogP contribution in [0, 0.1) is 12.8 Å². The third-order valence-electron chi connectivity index (χ3n) is 3.60. The fourth-order valence-electron chi connectivity index (χ4n) is 1.92. The zero-order valence-electron chi connectivity index (χ0n) is 12.1. The van der Waals surface area contributed by atoms with E-state index in [0.29, 0.717) is 17.4 Å². The summed E-state index contributed by atoms with van der Waals surface area (Å²) in [5.41, 5.74) is 7.22. The number of nitrogens with two attached hydrogens (primary N) is 1. The van der Waals surface area contributed by atoms with E-state index in [9.17, 15) is 8.42 Å². The van der Waals surface area contributed by atoms with Gasteiger partial charge in [0, 0.05) is 12.6 Å². The Labute approximate surface area is 116 Å². The summed E-state index contributed by atoms with van der Waals surface area (Å²) in [6.07, 6.45) is 0.939. The lowest BCUT2D eigenvalue weighted by atomic mass is 10.0. The van der Waals surface area contributed by atoms with E-state index in [1.54, 1.807) is 19.1 Å². The van der Waals surface area contributed by atoms with E-state index < -0.39 is 10.0 Å². The summed E-state index contributed by atoms with van der Waals surface area (Å²) in [6, 6.07) is 5.13. The molecule has 0 fully saturated rings. The van der Waals surface area contributed by atoms with Crippen molar-refractivity contribution in [2.75, 3.05) is 0 Å². The maximum absolute atomic E-state index is 12.3. The molecule has 1 aromatic rings. The van der Waals surface area contributed by atoms with E-state index in [2.05, 4.69) is 11.6 Å². The van der Waals surface area contributed by atoms with Gasteiger partial charge in [-0.25, -0.2) is 13.1 Å². The fraction of sp³-hybridized carbons (Fsp3) is 0.571. The second kappa shape index (κ2) is 6.50. The summed E-state index contributed by atoms with van der Waals surface area (Å²) in [5.74, 6) is 0.304. The lowest BCUT2D eigenvalue weighted by Crippen LogP contribution is -2.37. The number of benzene rings is 1. The van der Waals surface area contributed by atoms with E-state index in [-0.39, 0.29) is 6.04 Å². The van der Waals surface area contributed by atoms with Crippen molar-refractivity contribution < 1.29 is 8.42 Å². The van der Waals surface area contributed by atoms with Gasteiger partial charge in [0.25, 0.3) is 0 Å². The Morgan fingerprint density at radius 2 is 1.95 bits per heavy atom. The minimum Gasteiger partial charge on any atom is -0.326 e. The SMILES string of the molecule is CCC(C)C(C)NS(=O)(=O)c1ccc(CN)cc1C. The van der Waals surface area contributed by atoms with Gasteiger partial charge in [-0.15, -0.1) is 0 Å². The highest BCUT2D eigenvalue weighted by Crippen LogP contribution is 2.18. The van der Waals surface area contributed by atoms with E-state index in [4.69, 9.17) is 5.73 Å². The standard InChI is InChI=1S/C14H24N2O2S/c1-5-10(2)12(4)16-19(17,18)14-7-6-13(9-15)8-11(14)3/h6-8,10,12,16H,5,9,15H2,1-4H3. The third-order valence-corrected chi connectivity index (χ3v) is 5.32. The van der Waals surface area contributed by atoms with Crippen LogP contribution < -0.4 is 10.5 Å². The maximum Gasteiger partial charge on any atom is 0.241 e. The quantitative estimate of drug-likeness (QED) is 0.841. The number of hydrogen-bond donors (Lipinski definition) is 2. The maximum atomic E-state index is 12.3. The van der Waals surface area contributed by atoms with Crippen LogP contribution in [0.3, 0.4) is 0 Å². The summed E-state index contributed by atoms with van der Waals surface area (Å²) in [6.45, 7) is 8.20. The molecule has 5 heteroatoms. The van der Waals surface area contributed by atoms with Gasteiger partial charge in [0.2, 0.25) is 10.0 Å². The van der Waals surface area contributed by atoms with Gasteiger partial charge in [0.1, 0.15) is 0 Å². The Bertz CT molecular complexity index is 526. The normalized spacial score (nSPS) is 15.2. The molecule has 0 aliphatic rings. The van der Waals surface area contributed by atoms with Gasteiger partial charge in [-0.05, 0) is 37.0 Å². The molecule has 4 nitrogen and oxygen atoms in total. The largest absolute Gasteiger partial charge is 0.326 e. The molecule has 0 spiro atoms. The predicted octanol–water partition coefficient (Wildman–Crippen LogP) is 2.17. The van der Waals surface area contributed by atoms with E-state index in [1.807, 2.05) is 19.9 Å². The first-order chi connectivity index (χ1) is 8.81. The highest BCUT2D eigenvalue weighted by Gasteiger charge is 2.21. The summed E-state index contributed by atoms with van der Waals surface area (Å²) >= 11 is 0. The Morgan fingerprint density at radius 1 is 1.32 bits per heavy atom. The molecule has 0 saturated carbocycles. The summed E-state index contributed by atoms with van der Waals surface area (Å²) in [4.78, 5) is 0.333. The highest BCUT2D eigenvalue weighted by molar-refractivity contribution is 7.89. The lowest BCUT2D eigenvalue weighted by Gasteiger charge is -2.20. The molecule has 0 bridgehead atoms. The average Bonchev–Trinajstić information content (AvgIpc) is 2.36. The van der Waals surface area contributed by atoms with Crippen molar-refractivity contribution in [1.82, 2.24) is 4.72 Å². The smallest absolute Gasteiger partial charge is 0.241 e. The van der Waals surface area contributed by atoms with E-state index >= 15 is 0 Å². The van der Waals surface area contributed by atoms with Crippen molar-refractivity contribution in [2.45, 2.75) is 51.6 Å². The van der Waals surface area contributed by atoms with Crippen molar-refractivity contribution in [3.63, 3.8) is 0 Å². The van der Waals surface area contributed by atoms with Crippen molar-refractivity contribution in [2.24, 2.45) is 11.7 Å². The predicted molar refractivity (Wildman–Crippen MR) is 78.3 cm³/mol. The number of sulfonamides is 1. The van der Waals surface area contributed by atoms with Crippen LogP contribution in [0.2, 0.25) is 0 Å². The van der Waals surface area contributed by atoms with Crippen molar-refractivity contribution in [1.29, 1.82) is 0 Å². The molecule has 0 heterocycles. The van der Waals surface area contributed by atoms with Crippen LogP contribution >= 0.6 is 0 Å².